The van der Waals surface area contributed by atoms with Crippen molar-refractivity contribution in [1.82, 2.24) is 0 Å². The second-order valence-electron chi connectivity index (χ2n) is 7.18. The lowest BCUT2D eigenvalue weighted by Crippen LogP contribution is -1.93. The van der Waals surface area contributed by atoms with Gasteiger partial charge < -0.3 is 0 Å². The summed E-state index contributed by atoms with van der Waals surface area (Å²) in [5.41, 5.74) is 1.74. The Morgan fingerprint density at radius 1 is 0.700 bits per heavy atom. The van der Waals surface area contributed by atoms with Crippen LogP contribution in [0.25, 0.3) is 33.0 Å². The third kappa shape index (κ3) is 3.68. The van der Waals surface area contributed by atoms with E-state index in [4.69, 9.17) is 11.6 Å². The van der Waals surface area contributed by atoms with Crippen LogP contribution in [0.1, 0.15) is 18.9 Å². The van der Waals surface area contributed by atoms with Crippen molar-refractivity contribution in [3.63, 3.8) is 0 Å². The summed E-state index contributed by atoms with van der Waals surface area (Å²) in [4.78, 5) is 0. The van der Waals surface area contributed by atoms with Gasteiger partial charge in [0.15, 0.2) is 0 Å². The topological polar surface area (TPSA) is 0 Å². The number of hydrogen-bond donors (Lipinski definition) is 0. The van der Waals surface area contributed by atoms with E-state index in [-0.39, 0.29) is 16.7 Å². The fourth-order valence-electron chi connectivity index (χ4n) is 3.64. The summed E-state index contributed by atoms with van der Waals surface area (Å²) in [5.74, 6) is -3.10. The van der Waals surface area contributed by atoms with Crippen molar-refractivity contribution in [2.24, 2.45) is 0 Å². The van der Waals surface area contributed by atoms with Crippen molar-refractivity contribution in [2.45, 2.75) is 19.8 Å². The molecule has 0 amide bonds. The Labute approximate surface area is 176 Å². The molecule has 5 heteroatoms. The average Bonchev–Trinajstić information content (AvgIpc) is 2.72. The first kappa shape index (κ1) is 20.4. The monoisotopic (exact) mass is 428 g/mol. The molecule has 0 fully saturated rings. The maximum absolute atomic E-state index is 15.1. The summed E-state index contributed by atoms with van der Waals surface area (Å²) < 4.78 is 57.4. The summed E-state index contributed by atoms with van der Waals surface area (Å²) in [7, 11) is 0. The normalized spacial score (nSPS) is 11.3. The second kappa shape index (κ2) is 8.11. The highest BCUT2D eigenvalue weighted by atomic mass is 35.5. The minimum Gasteiger partial charge on any atom is -0.206 e. The fourth-order valence-corrected chi connectivity index (χ4v) is 3.75. The first-order chi connectivity index (χ1) is 14.4. The van der Waals surface area contributed by atoms with Crippen molar-refractivity contribution >= 4 is 22.4 Å². The molecule has 0 aliphatic rings. The minimum atomic E-state index is -0.974. The molecule has 4 aromatic rings. The van der Waals surface area contributed by atoms with E-state index >= 15 is 4.39 Å². The second-order valence-corrected chi connectivity index (χ2v) is 7.56. The molecular weight excluding hydrogens is 412 g/mol. The van der Waals surface area contributed by atoms with Gasteiger partial charge in [-0.2, -0.15) is 0 Å². The van der Waals surface area contributed by atoms with Crippen LogP contribution in [0.3, 0.4) is 0 Å². The van der Waals surface area contributed by atoms with E-state index in [1.165, 1.54) is 12.1 Å². The van der Waals surface area contributed by atoms with Crippen LogP contribution < -0.4 is 0 Å². The lowest BCUT2D eigenvalue weighted by Gasteiger charge is -2.11. The SMILES string of the molecule is CCCc1ccc2c(F)c(-c3ccc(-c4cc(F)c(Cl)c(F)c4)c(F)c3)ccc2c1. The molecule has 0 nitrogen and oxygen atoms in total. The van der Waals surface area contributed by atoms with Crippen LogP contribution in [0.4, 0.5) is 17.6 Å². The summed E-state index contributed by atoms with van der Waals surface area (Å²) in [6.07, 6.45) is 1.91. The largest absolute Gasteiger partial charge is 0.206 e. The Kier molecular flexibility index (Phi) is 5.52. The van der Waals surface area contributed by atoms with Gasteiger partial charge in [-0.05, 0) is 46.7 Å². The molecule has 4 aromatic carbocycles. The van der Waals surface area contributed by atoms with Crippen molar-refractivity contribution in [2.75, 3.05) is 0 Å². The van der Waals surface area contributed by atoms with Crippen LogP contribution in [-0.4, -0.2) is 0 Å². The van der Waals surface area contributed by atoms with E-state index in [0.717, 1.165) is 42.0 Å². The third-order valence-corrected chi connectivity index (χ3v) is 5.49. The highest BCUT2D eigenvalue weighted by Crippen LogP contribution is 2.34. The van der Waals surface area contributed by atoms with Gasteiger partial charge in [-0.1, -0.05) is 67.4 Å². The zero-order valence-corrected chi connectivity index (χ0v) is 16.8. The number of aryl methyl sites for hydroxylation is 1. The van der Waals surface area contributed by atoms with Gasteiger partial charge in [-0.3, -0.25) is 0 Å². The number of rotatable bonds is 4. The van der Waals surface area contributed by atoms with Gasteiger partial charge in [-0.15, -0.1) is 0 Å². The molecule has 4 rings (SSSR count). The molecule has 30 heavy (non-hydrogen) atoms. The van der Waals surface area contributed by atoms with E-state index in [1.54, 1.807) is 12.1 Å². The fraction of sp³-hybridized carbons (Fsp3) is 0.120. The lowest BCUT2D eigenvalue weighted by atomic mass is 9.96. The first-order valence-electron chi connectivity index (χ1n) is 9.55. The molecule has 0 saturated carbocycles. The summed E-state index contributed by atoms with van der Waals surface area (Å²) in [6.45, 7) is 2.08. The van der Waals surface area contributed by atoms with Crippen molar-refractivity contribution in [3.8, 4) is 22.3 Å². The quantitative estimate of drug-likeness (QED) is 0.226. The van der Waals surface area contributed by atoms with Crippen molar-refractivity contribution in [1.29, 1.82) is 0 Å². The first-order valence-corrected chi connectivity index (χ1v) is 9.92. The molecule has 0 saturated heterocycles. The summed E-state index contributed by atoms with van der Waals surface area (Å²) >= 11 is 5.49. The Balaban J connectivity index is 1.76. The van der Waals surface area contributed by atoms with E-state index < -0.39 is 28.3 Å². The molecule has 0 aliphatic heterocycles. The van der Waals surface area contributed by atoms with Gasteiger partial charge >= 0.3 is 0 Å². The van der Waals surface area contributed by atoms with Gasteiger partial charge in [0.05, 0.1) is 0 Å². The van der Waals surface area contributed by atoms with Gasteiger partial charge in [0, 0.05) is 16.5 Å². The van der Waals surface area contributed by atoms with Gasteiger partial charge in [-0.25, -0.2) is 17.6 Å². The molecule has 0 N–H and O–H groups in total. The molecule has 0 unspecified atom stereocenters. The van der Waals surface area contributed by atoms with Gasteiger partial charge in [0.1, 0.15) is 28.3 Å². The Hall–Kier alpha value is -2.85. The third-order valence-electron chi connectivity index (χ3n) is 5.13. The average molecular weight is 429 g/mol. The van der Waals surface area contributed by atoms with Crippen LogP contribution in [-0.2, 0) is 6.42 Å². The van der Waals surface area contributed by atoms with Gasteiger partial charge in [0.2, 0.25) is 0 Å². The van der Waals surface area contributed by atoms with Crippen LogP contribution in [0, 0.1) is 23.3 Å². The van der Waals surface area contributed by atoms with E-state index in [1.807, 2.05) is 18.2 Å². The molecule has 0 radical (unpaired) electrons. The van der Waals surface area contributed by atoms with Crippen LogP contribution in [0.15, 0.2) is 60.7 Å². The molecule has 0 aliphatic carbocycles. The van der Waals surface area contributed by atoms with Crippen molar-refractivity contribution in [3.05, 3.63) is 94.5 Å². The Morgan fingerprint density at radius 2 is 1.37 bits per heavy atom. The maximum atomic E-state index is 15.1. The lowest BCUT2D eigenvalue weighted by molar-refractivity contribution is 0.584. The van der Waals surface area contributed by atoms with Gasteiger partial charge in [0.25, 0.3) is 0 Å². The van der Waals surface area contributed by atoms with E-state index in [0.29, 0.717) is 10.9 Å². The Bertz CT molecular complexity index is 1240. The zero-order valence-electron chi connectivity index (χ0n) is 16.1. The van der Waals surface area contributed by atoms with E-state index in [2.05, 4.69) is 6.92 Å². The van der Waals surface area contributed by atoms with E-state index in [9.17, 15) is 13.2 Å². The standard InChI is InChI=1S/C25H17ClF4/c1-2-3-14-4-7-19-15(10-14)6-9-20(25(19)30)16-5-8-18(21(27)11-16)17-12-22(28)24(26)23(29)13-17/h4-13H,2-3H2,1H3. The number of fused-ring (bicyclic) bond motifs is 1. The molecule has 0 atom stereocenters. The van der Waals surface area contributed by atoms with Crippen molar-refractivity contribution < 1.29 is 17.6 Å². The predicted octanol–water partition coefficient (Wildman–Crippen LogP) is 8.34. The van der Waals surface area contributed by atoms with Crippen LogP contribution in [0.2, 0.25) is 5.02 Å². The minimum absolute atomic E-state index is 0.00128. The predicted molar refractivity (Wildman–Crippen MR) is 114 cm³/mol. The smallest absolute Gasteiger partial charge is 0.145 e. The van der Waals surface area contributed by atoms with Crippen LogP contribution >= 0.6 is 11.6 Å². The highest BCUT2D eigenvalue weighted by Gasteiger charge is 2.15. The summed E-state index contributed by atoms with van der Waals surface area (Å²) in [5, 5.41) is 0.598. The summed E-state index contributed by atoms with van der Waals surface area (Å²) in [6, 6.07) is 15.0. The molecular formula is C25H17ClF4. The molecule has 0 spiro atoms. The van der Waals surface area contributed by atoms with Crippen LogP contribution in [0.5, 0.6) is 0 Å². The molecule has 0 bridgehead atoms. The number of halogens is 5. The Morgan fingerprint density at radius 3 is 2.03 bits per heavy atom. The maximum Gasteiger partial charge on any atom is 0.145 e. The zero-order chi connectivity index (χ0) is 21.4. The molecule has 0 heterocycles. The number of hydrogen-bond acceptors (Lipinski definition) is 0. The number of benzene rings is 4. The molecule has 0 aromatic heterocycles. The highest BCUT2D eigenvalue weighted by molar-refractivity contribution is 6.31. The molecule has 152 valence electrons.